The minimum absolute atomic E-state index is 0.202. The second kappa shape index (κ2) is 10.0. The Balaban J connectivity index is 1.53. The van der Waals surface area contributed by atoms with Gasteiger partial charge in [-0.1, -0.05) is 54.9 Å². The van der Waals surface area contributed by atoms with E-state index in [1.165, 1.54) is 24.0 Å². The van der Waals surface area contributed by atoms with Crippen LogP contribution >= 0.6 is 11.6 Å². The molecule has 0 aliphatic heterocycles. The number of amides is 1. The van der Waals surface area contributed by atoms with E-state index in [1.54, 1.807) is 42.5 Å². The Morgan fingerprint density at radius 3 is 2.47 bits per heavy atom. The van der Waals surface area contributed by atoms with Gasteiger partial charge in [-0.3, -0.25) is 9.59 Å². The maximum atomic E-state index is 13.1. The molecule has 1 amide bonds. The number of carbonyl (C=O) groups is 2. The molecular formula is C27H26ClNO3. The molecule has 4 rings (SSSR count). The van der Waals surface area contributed by atoms with Crippen LogP contribution in [0.2, 0.25) is 5.02 Å². The standard InChI is InChI=1S/C27H26ClNO3/c1-2-25(32-22-14-12-18-8-6-7-11-20(18)16-22)27(31)29-24-15-13-21(28)17-23(24)26(30)19-9-4-3-5-10-19/h3-5,9-10,12-17,25H,2,6-8,11H2,1H3,(H,29,31). The van der Waals surface area contributed by atoms with Crippen molar-refractivity contribution in [2.75, 3.05) is 5.32 Å². The normalized spacial score (nSPS) is 13.7. The quantitative estimate of drug-likeness (QED) is 0.436. The van der Waals surface area contributed by atoms with Gasteiger partial charge in [0.2, 0.25) is 0 Å². The lowest BCUT2D eigenvalue weighted by Gasteiger charge is -2.21. The van der Waals surface area contributed by atoms with E-state index >= 15 is 0 Å². The van der Waals surface area contributed by atoms with Crippen LogP contribution in [0.5, 0.6) is 5.75 Å². The molecule has 1 aliphatic carbocycles. The van der Waals surface area contributed by atoms with E-state index in [0.717, 1.165) is 12.8 Å². The van der Waals surface area contributed by atoms with Crippen molar-refractivity contribution in [3.05, 3.63) is 94.0 Å². The summed E-state index contributed by atoms with van der Waals surface area (Å²) >= 11 is 6.15. The van der Waals surface area contributed by atoms with Crippen molar-refractivity contribution < 1.29 is 14.3 Å². The molecule has 0 bridgehead atoms. The molecule has 0 heterocycles. The van der Waals surface area contributed by atoms with E-state index in [9.17, 15) is 9.59 Å². The van der Waals surface area contributed by atoms with Crippen LogP contribution in [0.1, 0.15) is 53.2 Å². The van der Waals surface area contributed by atoms with Crippen LogP contribution in [-0.4, -0.2) is 17.8 Å². The highest BCUT2D eigenvalue weighted by molar-refractivity contribution is 6.31. The number of halogens is 1. The number of ether oxygens (including phenoxy) is 1. The van der Waals surface area contributed by atoms with Gasteiger partial charge in [0.25, 0.3) is 5.91 Å². The monoisotopic (exact) mass is 447 g/mol. The number of aryl methyl sites for hydroxylation is 2. The van der Waals surface area contributed by atoms with Gasteiger partial charge in [-0.25, -0.2) is 0 Å². The number of hydrogen-bond donors (Lipinski definition) is 1. The first kappa shape index (κ1) is 22.1. The topological polar surface area (TPSA) is 55.4 Å². The van der Waals surface area contributed by atoms with Gasteiger partial charge in [0.05, 0.1) is 5.69 Å². The van der Waals surface area contributed by atoms with Crippen LogP contribution in [0, 0.1) is 0 Å². The van der Waals surface area contributed by atoms with Crippen LogP contribution in [0.15, 0.2) is 66.7 Å². The molecule has 3 aromatic carbocycles. The molecule has 4 nitrogen and oxygen atoms in total. The number of fused-ring (bicyclic) bond motifs is 1. The summed E-state index contributed by atoms with van der Waals surface area (Å²) in [6, 6.07) is 19.9. The first-order valence-corrected chi connectivity index (χ1v) is 11.4. The third-order valence-electron chi connectivity index (χ3n) is 5.78. The summed E-state index contributed by atoms with van der Waals surface area (Å²) in [5.74, 6) is 0.200. The van der Waals surface area contributed by atoms with E-state index in [0.29, 0.717) is 34.0 Å². The Hall–Kier alpha value is -3.11. The van der Waals surface area contributed by atoms with Crippen LogP contribution in [0.25, 0.3) is 0 Å². The average molecular weight is 448 g/mol. The van der Waals surface area contributed by atoms with Crippen LogP contribution in [0.4, 0.5) is 5.69 Å². The Labute approximate surface area is 193 Å². The third kappa shape index (κ3) is 5.03. The number of anilines is 1. The molecular weight excluding hydrogens is 422 g/mol. The van der Waals surface area contributed by atoms with Crippen molar-refractivity contribution >= 4 is 29.0 Å². The summed E-state index contributed by atoms with van der Waals surface area (Å²) in [5, 5.41) is 3.31. The summed E-state index contributed by atoms with van der Waals surface area (Å²) in [6.45, 7) is 1.90. The van der Waals surface area contributed by atoms with Gasteiger partial charge in [0.1, 0.15) is 5.75 Å². The van der Waals surface area contributed by atoms with E-state index in [4.69, 9.17) is 16.3 Å². The molecule has 0 fully saturated rings. The molecule has 1 atom stereocenters. The van der Waals surface area contributed by atoms with Crippen molar-refractivity contribution in [2.24, 2.45) is 0 Å². The van der Waals surface area contributed by atoms with Gasteiger partial charge in [-0.05, 0) is 73.6 Å². The molecule has 0 spiro atoms. The minimum Gasteiger partial charge on any atom is -0.481 e. The van der Waals surface area contributed by atoms with Crippen molar-refractivity contribution in [3.63, 3.8) is 0 Å². The molecule has 164 valence electrons. The van der Waals surface area contributed by atoms with Crippen LogP contribution in [-0.2, 0) is 17.6 Å². The fourth-order valence-electron chi connectivity index (χ4n) is 4.04. The highest BCUT2D eigenvalue weighted by Crippen LogP contribution is 2.27. The molecule has 5 heteroatoms. The van der Waals surface area contributed by atoms with Gasteiger partial charge in [0.15, 0.2) is 11.9 Å². The minimum atomic E-state index is -0.674. The molecule has 0 saturated carbocycles. The number of carbonyl (C=O) groups excluding carboxylic acids is 2. The molecule has 0 saturated heterocycles. The maximum Gasteiger partial charge on any atom is 0.265 e. The summed E-state index contributed by atoms with van der Waals surface area (Å²) in [6.07, 6.45) is 4.37. The highest BCUT2D eigenvalue weighted by Gasteiger charge is 2.22. The molecule has 1 N–H and O–H groups in total. The van der Waals surface area contributed by atoms with Crippen molar-refractivity contribution in [3.8, 4) is 5.75 Å². The predicted molar refractivity (Wildman–Crippen MR) is 128 cm³/mol. The Bertz CT molecular complexity index is 1130. The smallest absolute Gasteiger partial charge is 0.265 e. The lowest BCUT2D eigenvalue weighted by molar-refractivity contribution is -0.122. The molecule has 32 heavy (non-hydrogen) atoms. The zero-order valence-corrected chi connectivity index (χ0v) is 18.8. The van der Waals surface area contributed by atoms with Gasteiger partial charge in [0, 0.05) is 16.1 Å². The molecule has 0 aromatic heterocycles. The summed E-state index contributed by atoms with van der Waals surface area (Å²) in [5.41, 5.74) is 3.97. The van der Waals surface area contributed by atoms with E-state index in [2.05, 4.69) is 17.4 Å². The Morgan fingerprint density at radius 2 is 1.72 bits per heavy atom. The lowest BCUT2D eigenvalue weighted by atomic mass is 9.92. The average Bonchev–Trinajstić information content (AvgIpc) is 2.83. The van der Waals surface area contributed by atoms with Gasteiger partial charge < -0.3 is 10.1 Å². The van der Waals surface area contributed by atoms with E-state index < -0.39 is 6.10 Å². The van der Waals surface area contributed by atoms with Gasteiger partial charge in [-0.2, -0.15) is 0 Å². The van der Waals surface area contributed by atoms with Crippen LogP contribution < -0.4 is 10.1 Å². The number of hydrogen-bond acceptors (Lipinski definition) is 3. The zero-order valence-electron chi connectivity index (χ0n) is 18.1. The number of benzene rings is 3. The molecule has 1 aliphatic rings. The summed E-state index contributed by atoms with van der Waals surface area (Å²) < 4.78 is 6.05. The Morgan fingerprint density at radius 1 is 0.969 bits per heavy atom. The fourth-order valence-corrected chi connectivity index (χ4v) is 4.21. The van der Waals surface area contributed by atoms with Crippen molar-refractivity contribution in [1.82, 2.24) is 0 Å². The van der Waals surface area contributed by atoms with E-state index in [1.807, 2.05) is 19.1 Å². The second-order valence-electron chi connectivity index (χ2n) is 8.03. The SMILES string of the molecule is CCC(Oc1ccc2c(c1)CCCC2)C(=O)Nc1ccc(Cl)cc1C(=O)c1ccccc1. The summed E-state index contributed by atoms with van der Waals surface area (Å²) in [7, 11) is 0. The third-order valence-corrected chi connectivity index (χ3v) is 6.02. The molecule has 3 aromatic rings. The summed E-state index contributed by atoms with van der Waals surface area (Å²) in [4.78, 5) is 26.1. The fraction of sp³-hybridized carbons (Fsp3) is 0.259. The van der Waals surface area contributed by atoms with Crippen molar-refractivity contribution in [1.29, 1.82) is 0 Å². The largest absolute Gasteiger partial charge is 0.481 e. The number of nitrogens with one attached hydrogen (secondary N) is 1. The maximum absolute atomic E-state index is 13.1. The van der Waals surface area contributed by atoms with Crippen LogP contribution in [0.3, 0.4) is 0 Å². The first-order chi connectivity index (χ1) is 15.5. The van der Waals surface area contributed by atoms with Gasteiger partial charge >= 0.3 is 0 Å². The molecule has 1 unspecified atom stereocenters. The van der Waals surface area contributed by atoms with E-state index in [-0.39, 0.29) is 11.7 Å². The van der Waals surface area contributed by atoms with Crippen molar-refractivity contribution in [2.45, 2.75) is 45.1 Å². The Kier molecular flexibility index (Phi) is 6.91. The molecule has 0 radical (unpaired) electrons. The zero-order chi connectivity index (χ0) is 22.5. The lowest BCUT2D eigenvalue weighted by Crippen LogP contribution is -2.33. The highest BCUT2D eigenvalue weighted by atomic mass is 35.5. The van der Waals surface area contributed by atoms with Gasteiger partial charge in [-0.15, -0.1) is 0 Å². The second-order valence-corrected chi connectivity index (χ2v) is 8.46. The first-order valence-electron chi connectivity index (χ1n) is 11.0. The number of rotatable bonds is 7. The predicted octanol–water partition coefficient (Wildman–Crippen LogP) is 6.25. The number of ketones is 1.